The van der Waals surface area contributed by atoms with Crippen LogP contribution in [0.25, 0.3) is 86.3 Å². The van der Waals surface area contributed by atoms with Crippen LogP contribution in [0.15, 0.2) is 146 Å². The number of aromatic nitrogens is 2. The first-order chi connectivity index (χ1) is 23.6. The Kier molecular flexibility index (Phi) is 5.09. The lowest BCUT2D eigenvalue weighted by atomic mass is 9.82. The highest BCUT2D eigenvalue weighted by molar-refractivity contribution is 7.27. The van der Waals surface area contributed by atoms with Crippen molar-refractivity contribution in [3.8, 4) is 22.5 Å². The van der Waals surface area contributed by atoms with Gasteiger partial charge in [-0.25, -0.2) is 0 Å². The number of benzene rings is 7. The van der Waals surface area contributed by atoms with Crippen LogP contribution in [0.2, 0.25) is 0 Å². The molecule has 0 fully saturated rings. The number of hydrogen-bond acceptors (Lipinski definition) is 1. The smallest absolute Gasteiger partial charge is 0.0656 e. The maximum absolute atomic E-state index is 2.57. The van der Waals surface area contributed by atoms with Crippen LogP contribution in [-0.2, 0) is 5.41 Å². The van der Waals surface area contributed by atoms with Gasteiger partial charge in [0.1, 0.15) is 0 Å². The molecule has 0 saturated heterocycles. The van der Waals surface area contributed by atoms with Crippen LogP contribution < -0.4 is 0 Å². The van der Waals surface area contributed by atoms with E-state index in [9.17, 15) is 0 Å². The van der Waals surface area contributed by atoms with Gasteiger partial charge in [-0.2, -0.15) is 0 Å². The van der Waals surface area contributed by atoms with Crippen molar-refractivity contribution in [3.63, 3.8) is 0 Å². The van der Waals surface area contributed by atoms with Gasteiger partial charge in [0.25, 0.3) is 0 Å². The van der Waals surface area contributed by atoms with Gasteiger partial charge in [0, 0.05) is 58.5 Å². The molecule has 3 heterocycles. The molecule has 226 valence electrons. The fourth-order valence-electron chi connectivity index (χ4n) is 8.82. The predicted octanol–water partition coefficient (Wildman–Crippen LogP) is 12.6. The Morgan fingerprint density at radius 2 is 1.02 bits per heavy atom. The summed E-state index contributed by atoms with van der Waals surface area (Å²) in [7, 11) is 0. The summed E-state index contributed by atoms with van der Waals surface area (Å²) < 4.78 is 7.75. The Balaban J connectivity index is 1.40. The number of thiophene rings is 1. The number of para-hydroxylation sites is 3. The zero-order valence-electron chi connectivity index (χ0n) is 26.7. The molecule has 0 radical (unpaired) electrons. The van der Waals surface area contributed by atoms with Gasteiger partial charge in [-0.05, 0) is 64.7 Å². The van der Waals surface area contributed by atoms with E-state index in [1.165, 1.54) is 97.4 Å². The second-order valence-corrected chi connectivity index (χ2v) is 14.7. The third kappa shape index (κ3) is 3.22. The highest BCUT2D eigenvalue weighted by atomic mass is 32.1. The molecule has 48 heavy (non-hydrogen) atoms. The summed E-state index contributed by atoms with van der Waals surface area (Å²) in [6.45, 7) is 4.75. The molecule has 2 nitrogen and oxygen atoms in total. The van der Waals surface area contributed by atoms with E-state index in [1.54, 1.807) is 0 Å². The minimum absolute atomic E-state index is 0.0852. The Labute approximate surface area is 281 Å². The van der Waals surface area contributed by atoms with Crippen molar-refractivity contribution in [2.45, 2.75) is 19.3 Å². The molecule has 0 unspecified atom stereocenters. The first kappa shape index (κ1) is 26.4. The molecule has 0 bridgehead atoms. The molecule has 11 rings (SSSR count). The van der Waals surface area contributed by atoms with E-state index in [0.717, 1.165) is 0 Å². The summed E-state index contributed by atoms with van der Waals surface area (Å²) >= 11 is 1.93. The monoisotopic (exact) mass is 630 g/mol. The maximum atomic E-state index is 2.57. The molecule has 0 N–H and O–H groups in total. The molecule has 0 atom stereocenters. The first-order valence-electron chi connectivity index (χ1n) is 16.7. The average molecular weight is 631 g/mol. The molecule has 1 aliphatic rings. The van der Waals surface area contributed by atoms with Crippen molar-refractivity contribution in [1.82, 2.24) is 9.13 Å². The van der Waals surface area contributed by atoms with E-state index in [4.69, 9.17) is 0 Å². The fourth-order valence-corrected chi connectivity index (χ4v) is 10.1. The van der Waals surface area contributed by atoms with E-state index in [-0.39, 0.29) is 5.41 Å². The summed E-state index contributed by atoms with van der Waals surface area (Å²) in [5.74, 6) is 0. The van der Waals surface area contributed by atoms with Crippen LogP contribution in [0.1, 0.15) is 25.0 Å². The Morgan fingerprint density at radius 1 is 0.458 bits per heavy atom. The highest BCUT2D eigenvalue weighted by Crippen LogP contribution is 2.53. The van der Waals surface area contributed by atoms with Crippen molar-refractivity contribution in [3.05, 3.63) is 157 Å². The molecule has 0 aliphatic heterocycles. The average Bonchev–Trinajstić information content (AvgIpc) is 3.84. The van der Waals surface area contributed by atoms with Gasteiger partial charge in [0.15, 0.2) is 0 Å². The van der Waals surface area contributed by atoms with Gasteiger partial charge >= 0.3 is 0 Å². The normalized spacial score (nSPS) is 13.8. The van der Waals surface area contributed by atoms with Gasteiger partial charge < -0.3 is 9.13 Å². The van der Waals surface area contributed by atoms with Crippen molar-refractivity contribution < 1.29 is 0 Å². The Hall–Kier alpha value is -5.64. The lowest BCUT2D eigenvalue weighted by Gasteiger charge is -2.22. The van der Waals surface area contributed by atoms with Gasteiger partial charge in [0.2, 0.25) is 0 Å². The minimum Gasteiger partial charge on any atom is -0.308 e. The first-order valence-corrected chi connectivity index (χ1v) is 17.5. The van der Waals surface area contributed by atoms with Crippen molar-refractivity contribution >= 4 is 75.1 Å². The van der Waals surface area contributed by atoms with E-state index < -0.39 is 0 Å². The van der Waals surface area contributed by atoms with Gasteiger partial charge in [-0.1, -0.05) is 117 Å². The molecule has 7 aromatic carbocycles. The van der Waals surface area contributed by atoms with E-state index in [2.05, 4.69) is 169 Å². The fraction of sp³-hybridized carbons (Fsp3) is 0.0667. The van der Waals surface area contributed by atoms with Gasteiger partial charge in [-0.3, -0.25) is 0 Å². The van der Waals surface area contributed by atoms with Crippen LogP contribution in [-0.4, -0.2) is 9.13 Å². The number of hydrogen-bond donors (Lipinski definition) is 0. The molecular formula is C45H30N2S. The van der Waals surface area contributed by atoms with Crippen LogP contribution >= 0.6 is 11.3 Å². The molecule has 3 aromatic heterocycles. The third-order valence-electron chi connectivity index (χ3n) is 10.9. The molecular weight excluding hydrogens is 601 g/mol. The quantitative estimate of drug-likeness (QED) is 0.180. The number of nitrogens with zero attached hydrogens (tertiary/aromatic N) is 2. The van der Waals surface area contributed by atoms with Crippen LogP contribution in [0.4, 0.5) is 0 Å². The molecule has 3 heteroatoms. The summed E-state index contributed by atoms with van der Waals surface area (Å²) in [6, 6.07) is 54.0. The molecule has 10 aromatic rings. The molecule has 1 aliphatic carbocycles. The summed E-state index contributed by atoms with van der Waals surface area (Å²) in [5, 5.41) is 7.87. The minimum atomic E-state index is -0.0852. The van der Waals surface area contributed by atoms with Crippen molar-refractivity contribution in [1.29, 1.82) is 0 Å². The van der Waals surface area contributed by atoms with Crippen molar-refractivity contribution in [2.75, 3.05) is 0 Å². The Bertz CT molecular complexity index is 2970. The Morgan fingerprint density at radius 3 is 1.79 bits per heavy atom. The predicted molar refractivity (Wildman–Crippen MR) is 206 cm³/mol. The van der Waals surface area contributed by atoms with Crippen LogP contribution in [0.3, 0.4) is 0 Å². The molecule has 0 spiro atoms. The lowest BCUT2D eigenvalue weighted by Crippen LogP contribution is -2.15. The zero-order chi connectivity index (χ0) is 31.7. The van der Waals surface area contributed by atoms with Gasteiger partial charge in [0.05, 0.1) is 22.1 Å². The third-order valence-corrected chi connectivity index (χ3v) is 12.1. The second kappa shape index (κ2) is 9.25. The summed E-state index contributed by atoms with van der Waals surface area (Å²) in [4.78, 5) is 0. The summed E-state index contributed by atoms with van der Waals surface area (Å²) in [6.07, 6.45) is 0. The van der Waals surface area contributed by atoms with Crippen molar-refractivity contribution in [2.24, 2.45) is 0 Å². The standard InChI is InChI=1S/C45H30N2S/c1-45(2)34-20-10-6-16-29(34)30-25-24-28(26-35(30)45)47-37-22-12-8-18-32(37)40-42(47)39-31-17-7-11-21-36(31)46(27-14-4-3-5-15-27)43(39)41-33-19-9-13-23-38(33)48-44(40)41/h3-26H,1-2H3. The topological polar surface area (TPSA) is 9.86 Å². The van der Waals surface area contributed by atoms with E-state index >= 15 is 0 Å². The van der Waals surface area contributed by atoms with Gasteiger partial charge in [-0.15, -0.1) is 11.3 Å². The zero-order valence-corrected chi connectivity index (χ0v) is 27.5. The largest absolute Gasteiger partial charge is 0.308 e. The highest BCUT2D eigenvalue weighted by Gasteiger charge is 2.36. The lowest BCUT2D eigenvalue weighted by molar-refractivity contribution is 0.660. The van der Waals surface area contributed by atoms with E-state index in [1.807, 2.05) is 11.3 Å². The van der Waals surface area contributed by atoms with E-state index in [0.29, 0.717) is 0 Å². The van der Waals surface area contributed by atoms with Crippen LogP contribution in [0.5, 0.6) is 0 Å². The number of rotatable bonds is 2. The molecule has 0 saturated carbocycles. The number of fused-ring (bicyclic) bond motifs is 15. The maximum Gasteiger partial charge on any atom is 0.0656 e. The van der Waals surface area contributed by atoms with Crippen LogP contribution in [0, 0.1) is 0 Å². The molecule has 0 amide bonds. The SMILES string of the molecule is CC1(C)c2ccccc2-c2ccc(-n3c4ccccc4c4c5sc6ccccc6c5c5c(c6ccccc6n5-c5ccccc5)c43)cc21. The second-order valence-electron chi connectivity index (χ2n) is 13.7. The summed E-state index contributed by atoms with van der Waals surface area (Å²) in [5.41, 5.74) is 12.8.